The van der Waals surface area contributed by atoms with Crippen LogP contribution in [-0.4, -0.2) is 72.0 Å². The van der Waals surface area contributed by atoms with Gasteiger partial charge in [-0.2, -0.15) is 0 Å². The highest BCUT2D eigenvalue weighted by atomic mass is 32.2. The van der Waals surface area contributed by atoms with Crippen molar-refractivity contribution in [2.45, 2.75) is 76.4 Å². The molecule has 256 valence electrons. The summed E-state index contributed by atoms with van der Waals surface area (Å²) < 4.78 is 0. The van der Waals surface area contributed by atoms with Gasteiger partial charge in [0.05, 0.1) is 12.6 Å². The number of guanidine groups is 1. The number of aliphatic imine (C=N–C) groups is 1. The number of nitrogens with two attached hydrogens (primary N) is 3. The van der Waals surface area contributed by atoms with Gasteiger partial charge in [0.15, 0.2) is 5.96 Å². The zero-order valence-electron chi connectivity index (χ0n) is 27.2. The summed E-state index contributed by atoms with van der Waals surface area (Å²) in [5.41, 5.74) is 18.2. The molecule has 10 N–H and O–H groups in total. The van der Waals surface area contributed by atoms with Gasteiger partial charge in [-0.15, -0.1) is 0 Å². The number of rotatable bonds is 19. The average Bonchev–Trinajstić information content (AvgIpc) is 3.03. The molecule has 0 saturated carbocycles. The summed E-state index contributed by atoms with van der Waals surface area (Å²) in [5.74, 6) is -1.87. The van der Waals surface area contributed by atoms with Gasteiger partial charge < -0.3 is 38.5 Å². The van der Waals surface area contributed by atoms with Crippen LogP contribution in [0.15, 0.2) is 65.7 Å². The van der Waals surface area contributed by atoms with E-state index in [4.69, 9.17) is 17.2 Å². The zero-order chi connectivity index (χ0) is 34.8. The van der Waals surface area contributed by atoms with E-state index in [-0.39, 0.29) is 36.4 Å². The van der Waals surface area contributed by atoms with Crippen molar-refractivity contribution in [1.29, 1.82) is 0 Å². The fourth-order valence-corrected chi connectivity index (χ4v) is 5.30. The van der Waals surface area contributed by atoms with Crippen molar-refractivity contribution < 1.29 is 24.0 Å². The molecule has 14 heteroatoms. The lowest BCUT2D eigenvalue weighted by Crippen LogP contribution is -2.55. The van der Waals surface area contributed by atoms with E-state index in [2.05, 4.69) is 26.3 Å². The third-order valence-corrected chi connectivity index (χ3v) is 7.93. The summed E-state index contributed by atoms with van der Waals surface area (Å²) in [4.78, 5) is 68.9. The Morgan fingerprint density at radius 3 is 1.94 bits per heavy atom. The van der Waals surface area contributed by atoms with Crippen molar-refractivity contribution in [3.05, 3.63) is 71.8 Å². The van der Waals surface area contributed by atoms with Gasteiger partial charge in [0, 0.05) is 18.7 Å². The van der Waals surface area contributed by atoms with Gasteiger partial charge >= 0.3 is 0 Å². The zero-order valence-corrected chi connectivity index (χ0v) is 28.1. The van der Waals surface area contributed by atoms with Gasteiger partial charge in [0.25, 0.3) is 0 Å². The smallest absolute Gasteiger partial charge is 0.243 e. The monoisotopic (exact) mass is 668 g/mol. The Hall–Kier alpha value is -4.43. The molecule has 2 aromatic rings. The third-order valence-electron chi connectivity index (χ3n) is 6.88. The van der Waals surface area contributed by atoms with Crippen molar-refractivity contribution in [1.82, 2.24) is 21.3 Å². The molecule has 0 saturated heterocycles. The van der Waals surface area contributed by atoms with Crippen LogP contribution in [0.3, 0.4) is 0 Å². The first-order valence-electron chi connectivity index (χ1n) is 15.6. The molecule has 0 heterocycles. The summed E-state index contributed by atoms with van der Waals surface area (Å²) in [6.07, 6.45) is 1.15. The summed E-state index contributed by atoms with van der Waals surface area (Å²) in [5, 5.41) is 10.4. The van der Waals surface area contributed by atoms with Gasteiger partial charge in [-0.25, -0.2) is 0 Å². The lowest BCUT2D eigenvalue weighted by Gasteiger charge is -2.24. The van der Waals surface area contributed by atoms with E-state index in [1.165, 1.54) is 6.92 Å². The van der Waals surface area contributed by atoms with E-state index < -0.39 is 54.3 Å². The predicted molar refractivity (Wildman–Crippen MR) is 185 cm³/mol. The molecule has 13 nitrogen and oxygen atoms in total. The van der Waals surface area contributed by atoms with Gasteiger partial charge in [-0.3, -0.25) is 29.0 Å². The number of carbonyl (C=O) groups excluding carboxylic acids is 5. The molecule has 2 rings (SSSR count). The lowest BCUT2D eigenvalue weighted by atomic mass is 10.0. The van der Waals surface area contributed by atoms with Crippen molar-refractivity contribution >= 4 is 46.5 Å². The second-order valence-corrected chi connectivity index (χ2v) is 12.6. The molecule has 0 spiro atoms. The minimum atomic E-state index is -0.983. The number of carbonyl (C=O) groups is 5. The Morgan fingerprint density at radius 2 is 1.36 bits per heavy atom. The first kappa shape index (κ1) is 38.8. The Balaban J connectivity index is 2.08. The Kier molecular flexibility index (Phi) is 17.0. The van der Waals surface area contributed by atoms with E-state index in [0.29, 0.717) is 18.6 Å². The number of nitrogens with one attached hydrogen (secondary N) is 4. The molecule has 0 aliphatic carbocycles. The van der Waals surface area contributed by atoms with Crippen LogP contribution >= 0.6 is 11.8 Å². The highest BCUT2D eigenvalue weighted by Crippen LogP contribution is 2.17. The molecule has 47 heavy (non-hydrogen) atoms. The minimum Gasteiger partial charge on any atom is -0.370 e. The van der Waals surface area contributed by atoms with Crippen LogP contribution in [0.1, 0.15) is 51.2 Å². The molecule has 0 fully saturated rings. The Labute approximate surface area is 280 Å². The van der Waals surface area contributed by atoms with E-state index in [0.717, 1.165) is 22.9 Å². The lowest BCUT2D eigenvalue weighted by molar-refractivity contribution is -0.132. The van der Waals surface area contributed by atoms with Crippen LogP contribution in [0.5, 0.6) is 0 Å². The SMILES string of the molecule is CC(C)C[C@H](NC(=O)CNC(=O)[C@H](CCCN=C(N)N)NC(=O)[C@H](C)N)C(=O)N[C@@H](Cc1ccccc1)C(=O)SCc1ccccc1. The van der Waals surface area contributed by atoms with Crippen LogP contribution < -0.4 is 38.5 Å². The fraction of sp³-hybridized carbons (Fsp3) is 0.455. The minimum absolute atomic E-state index is 0.0273. The Morgan fingerprint density at radius 1 is 0.766 bits per heavy atom. The predicted octanol–water partition coefficient (Wildman–Crippen LogP) is 0.707. The second-order valence-electron chi connectivity index (χ2n) is 11.6. The van der Waals surface area contributed by atoms with Crippen LogP contribution in [-0.2, 0) is 36.1 Å². The number of hydrogen-bond donors (Lipinski definition) is 7. The molecule has 0 aromatic heterocycles. The standard InChI is InChI=1S/C33H48N8O5S/c1-21(2)17-26(39-28(42)19-38-30(44)25(40-29(43)22(3)34)15-10-16-37-33(35)36)31(45)41-27(18-23-11-6-4-7-12-23)32(46)47-20-24-13-8-5-9-14-24/h4-9,11-14,21-22,25-27H,10,15-20,34H2,1-3H3,(H,38,44)(H,39,42)(H,40,43)(H,41,45)(H4,35,36,37)/t22-,25-,26-,27-/m0/s1. The summed E-state index contributed by atoms with van der Waals surface area (Å²) in [6.45, 7) is 5.09. The summed E-state index contributed by atoms with van der Waals surface area (Å²) >= 11 is 1.12. The maximum Gasteiger partial charge on any atom is 0.243 e. The molecule has 0 bridgehead atoms. The normalized spacial score (nSPS) is 13.4. The molecule has 4 atom stereocenters. The molecule has 2 aromatic carbocycles. The maximum absolute atomic E-state index is 13.6. The summed E-state index contributed by atoms with van der Waals surface area (Å²) in [6, 6.07) is 15.3. The quantitative estimate of drug-likeness (QED) is 0.0635. The molecule has 0 aliphatic rings. The van der Waals surface area contributed by atoms with Crippen molar-refractivity contribution in [3.63, 3.8) is 0 Å². The molecule has 0 radical (unpaired) electrons. The van der Waals surface area contributed by atoms with Crippen LogP contribution in [0.4, 0.5) is 0 Å². The highest BCUT2D eigenvalue weighted by molar-refractivity contribution is 8.13. The maximum atomic E-state index is 13.6. The van der Waals surface area contributed by atoms with E-state index in [9.17, 15) is 24.0 Å². The van der Waals surface area contributed by atoms with Crippen molar-refractivity contribution in [2.75, 3.05) is 13.1 Å². The first-order chi connectivity index (χ1) is 22.3. The van der Waals surface area contributed by atoms with Crippen molar-refractivity contribution in [2.24, 2.45) is 28.1 Å². The van der Waals surface area contributed by atoms with Crippen LogP contribution in [0, 0.1) is 5.92 Å². The highest BCUT2D eigenvalue weighted by Gasteiger charge is 2.29. The summed E-state index contributed by atoms with van der Waals surface area (Å²) in [7, 11) is 0. The molecule has 0 unspecified atom stereocenters. The van der Waals surface area contributed by atoms with E-state index in [1.807, 2.05) is 74.5 Å². The molecular weight excluding hydrogens is 620 g/mol. The number of thioether (sulfide) groups is 1. The molecule has 0 aliphatic heterocycles. The number of hydrogen-bond acceptors (Lipinski definition) is 8. The van der Waals surface area contributed by atoms with Crippen LogP contribution in [0.25, 0.3) is 0 Å². The number of benzene rings is 2. The largest absolute Gasteiger partial charge is 0.370 e. The van der Waals surface area contributed by atoms with E-state index >= 15 is 0 Å². The second kappa shape index (κ2) is 20.6. The van der Waals surface area contributed by atoms with Crippen LogP contribution in [0.2, 0.25) is 0 Å². The number of amides is 4. The van der Waals surface area contributed by atoms with Gasteiger partial charge in [0.1, 0.15) is 18.1 Å². The third kappa shape index (κ3) is 15.6. The first-order valence-corrected chi connectivity index (χ1v) is 16.6. The van der Waals surface area contributed by atoms with Gasteiger partial charge in [0.2, 0.25) is 28.7 Å². The fourth-order valence-electron chi connectivity index (χ4n) is 4.46. The molecular formula is C33H48N8O5S. The number of nitrogens with zero attached hydrogens (tertiary/aromatic N) is 1. The molecule has 4 amide bonds. The van der Waals surface area contributed by atoms with Gasteiger partial charge in [-0.1, -0.05) is 86.3 Å². The van der Waals surface area contributed by atoms with Gasteiger partial charge in [-0.05, 0) is 43.2 Å². The topological polar surface area (TPSA) is 224 Å². The van der Waals surface area contributed by atoms with Crippen molar-refractivity contribution in [3.8, 4) is 0 Å². The Bertz CT molecular complexity index is 1340. The van der Waals surface area contributed by atoms with E-state index in [1.54, 1.807) is 0 Å². The average molecular weight is 669 g/mol.